The van der Waals surface area contributed by atoms with Crippen molar-refractivity contribution in [2.45, 2.75) is 64.3 Å². The highest BCUT2D eigenvalue weighted by Gasteiger charge is 2.42. The van der Waals surface area contributed by atoms with Crippen LogP contribution in [0.3, 0.4) is 0 Å². The standard InChI is InChI=1S/C16H25NO/c1-3-14(4-2)15(18)16(10-6-5-7-11-16)17-12-8-9-13-17/h8-9,12-14H,3-7,10-11H2,1-2H3. The summed E-state index contributed by atoms with van der Waals surface area (Å²) in [4.78, 5) is 13.0. The van der Waals surface area contributed by atoms with Gasteiger partial charge in [0.1, 0.15) is 5.54 Å². The molecule has 18 heavy (non-hydrogen) atoms. The predicted octanol–water partition coefficient (Wildman–Crippen LogP) is 4.15. The van der Waals surface area contributed by atoms with E-state index in [0.717, 1.165) is 25.7 Å². The third kappa shape index (κ3) is 2.25. The van der Waals surface area contributed by atoms with E-state index in [4.69, 9.17) is 0 Å². The average molecular weight is 247 g/mol. The van der Waals surface area contributed by atoms with E-state index in [9.17, 15) is 4.79 Å². The average Bonchev–Trinajstić information content (AvgIpc) is 2.95. The maximum Gasteiger partial charge on any atom is 0.161 e. The lowest BCUT2D eigenvalue weighted by atomic mass is 9.73. The fourth-order valence-corrected chi connectivity index (χ4v) is 3.43. The molecule has 1 saturated carbocycles. The van der Waals surface area contributed by atoms with E-state index in [1.165, 1.54) is 19.3 Å². The van der Waals surface area contributed by atoms with E-state index >= 15 is 0 Å². The monoisotopic (exact) mass is 247 g/mol. The Morgan fingerprint density at radius 3 is 2.17 bits per heavy atom. The first-order chi connectivity index (χ1) is 8.74. The summed E-state index contributed by atoms with van der Waals surface area (Å²) in [5, 5.41) is 0. The van der Waals surface area contributed by atoms with Crippen molar-refractivity contribution in [3.8, 4) is 0 Å². The van der Waals surface area contributed by atoms with Gasteiger partial charge in [-0.05, 0) is 37.8 Å². The molecule has 1 aliphatic carbocycles. The zero-order valence-corrected chi connectivity index (χ0v) is 11.7. The number of carbonyl (C=O) groups is 1. The topological polar surface area (TPSA) is 22.0 Å². The Hall–Kier alpha value is -1.05. The van der Waals surface area contributed by atoms with Crippen LogP contribution in [0.1, 0.15) is 58.8 Å². The fourth-order valence-electron chi connectivity index (χ4n) is 3.43. The van der Waals surface area contributed by atoms with Gasteiger partial charge in [0.05, 0.1) is 0 Å². The van der Waals surface area contributed by atoms with Crippen LogP contribution in [0.4, 0.5) is 0 Å². The molecule has 0 N–H and O–H groups in total. The quantitative estimate of drug-likeness (QED) is 0.766. The van der Waals surface area contributed by atoms with Gasteiger partial charge >= 0.3 is 0 Å². The molecule has 0 aliphatic heterocycles. The van der Waals surface area contributed by atoms with Crippen LogP contribution >= 0.6 is 0 Å². The number of aromatic nitrogens is 1. The highest BCUT2D eigenvalue weighted by atomic mass is 16.1. The molecule has 2 rings (SSSR count). The molecule has 1 aliphatic rings. The van der Waals surface area contributed by atoms with Crippen molar-refractivity contribution in [2.24, 2.45) is 5.92 Å². The van der Waals surface area contributed by atoms with Crippen molar-refractivity contribution in [1.82, 2.24) is 4.57 Å². The van der Waals surface area contributed by atoms with Gasteiger partial charge in [-0.15, -0.1) is 0 Å². The lowest BCUT2D eigenvalue weighted by Gasteiger charge is -2.39. The molecule has 1 fully saturated rings. The second-order valence-corrected chi connectivity index (χ2v) is 5.56. The van der Waals surface area contributed by atoms with Crippen molar-refractivity contribution in [3.63, 3.8) is 0 Å². The molecule has 0 radical (unpaired) electrons. The van der Waals surface area contributed by atoms with Gasteiger partial charge in [-0.3, -0.25) is 4.79 Å². The van der Waals surface area contributed by atoms with E-state index in [0.29, 0.717) is 5.78 Å². The molecule has 0 saturated heterocycles. The molecule has 1 aromatic rings. The summed E-state index contributed by atoms with van der Waals surface area (Å²) in [5.74, 6) is 0.703. The number of nitrogens with zero attached hydrogens (tertiary/aromatic N) is 1. The SMILES string of the molecule is CCC(CC)C(=O)C1(n2cccc2)CCCCC1. The third-order valence-electron chi connectivity index (χ3n) is 4.59. The molecule has 0 spiro atoms. The molecule has 1 heterocycles. The summed E-state index contributed by atoms with van der Waals surface area (Å²) in [6, 6.07) is 4.08. The van der Waals surface area contributed by atoms with E-state index in [1.807, 2.05) is 12.1 Å². The van der Waals surface area contributed by atoms with Gasteiger partial charge in [0.15, 0.2) is 5.78 Å². The van der Waals surface area contributed by atoms with Crippen LogP contribution in [0.25, 0.3) is 0 Å². The van der Waals surface area contributed by atoms with Crippen LogP contribution < -0.4 is 0 Å². The molecule has 0 atom stereocenters. The van der Waals surface area contributed by atoms with Crippen LogP contribution in [0.15, 0.2) is 24.5 Å². The van der Waals surface area contributed by atoms with Gasteiger partial charge < -0.3 is 4.57 Å². The minimum Gasteiger partial charge on any atom is -0.341 e. The summed E-state index contributed by atoms with van der Waals surface area (Å²) < 4.78 is 2.19. The van der Waals surface area contributed by atoms with Crippen molar-refractivity contribution >= 4 is 5.78 Å². The number of ketones is 1. The first-order valence-corrected chi connectivity index (χ1v) is 7.42. The molecule has 1 aromatic heterocycles. The predicted molar refractivity (Wildman–Crippen MR) is 74.6 cm³/mol. The first-order valence-electron chi connectivity index (χ1n) is 7.42. The fraction of sp³-hybridized carbons (Fsp3) is 0.688. The lowest BCUT2D eigenvalue weighted by Crippen LogP contribution is -2.46. The van der Waals surface area contributed by atoms with Crippen molar-refractivity contribution in [3.05, 3.63) is 24.5 Å². The van der Waals surface area contributed by atoms with Gasteiger partial charge in [0, 0.05) is 18.3 Å². The van der Waals surface area contributed by atoms with Crippen molar-refractivity contribution < 1.29 is 4.79 Å². The molecular weight excluding hydrogens is 222 g/mol. The minimum absolute atomic E-state index is 0.227. The molecule has 0 amide bonds. The third-order valence-corrected chi connectivity index (χ3v) is 4.59. The molecule has 100 valence electrons. The number of rotatable bonds is 5. The largest absolute Gasteiger partial charge is 0.341 e. The van der Waals surface area contributed by atoms with Crippen LogP contribution in [-0.4, -0.2) is 10.4 Å². The number of hydrogen-bond donors (Lipinski definition) is 0. The summed E-state index contributed by atoms with van der Waals surface area (Å²) >= 11 is 0. The van der Waals surface area contributed by atoms with E-state index in [-0.39, 0.29) is 11.5 Å². The molecular formula is C16H25NO. The molecule has 2 heteroatoms. The van der Waals surface area contributed by atoms with Crippen LogP contribution in [0, 0.1) is 5.92 Å². The minimum atomic E-state index is -0.238. The Morgan fingerprint density at radius 2 is 1.67 bits per heavy atom. The molecule has 0 bridgehead atoms. The molecule has 0 unspecified atom stereocenters. The zero-order valence-electron chi connectivity index (χ0n) is 11.7. The summed E-state index contributed by atoms with van der Waals surface area (Å²) in [6.45, 7) is 4.27. The van der Waals surface area contributed by atoms with Crippen LogP contribution in [-0.2, 0) is 10.3 Å². The summed E-state index contributed by atoms with van der Waals surface area (Å²) in [5.41, 5.74) is -0.238. The lowest BCUT2D eigenvalue weighted by molar-refractivity contribution is -0.133. The van der Waals surface area contributed by atoms with E-state index < -0.39 is 0 Å². The van der Waals surface area contributed by atoms with Crippen LogP contribution in [0.2, 0.25) is 0 Å². The smallest absolute Gasteiger partial charge is 0.161 e. The Bertz CT molecular complexity index is 370. The van der Waals surface area contributed by atoms with E-state index in [2.05, 4.69) is 30.8 Å². The highest BCUT2D eigenvalue weighted by Crippen LogP contribution is 2.38. The maximum atomic E-state index is 13.0. The Balaban J connectivity index is 2.33. The Morgan fingerprint density at radius 1 is 1.11 bits per heavy atom. The Labute approximate surface area is 110 Å². The van der Waals surface area contributed by atoms with Gasteiger partial charge in [-0.1, -0.05) is 33.1 Å². The number of hydrogen-bond acceptors (Lipinski definition) is 1. The highest BCUT2D eigenvalue weighted by molar-refractivity contribution is 5.88. The van der Waals surface area contributed by atoms with Gasteiger partial charge in [0.2, 0.25) is 0 Å². The summed E-state index contributed by atoms with van der Waals surface area (Å²) in [7, 11) is 0. The van der Waals surface area contributed by atoms with Gasteiger partial charge in [-0.25, -0.2) is 0 Å². The second kappa shape index (κ2) is 5.73. The zero-order chi connectivity index (χ0) is 13.0. The number of carbonyl (C=O) groups excluding carboxylic acids is 1. The molecule has 2 nitrogen and oxygen atoms in total. The van der Waals surface area contributed by atoms with Gasteiger partial charge in [0.25, 0.3) is 0 Å². The summed E-state index contributed by atoms with van der Waals surface area (Å²) in [6.07, 6.45) is 11.8. The van der Waals surface area contributed by atoms with E-state index in [1.54, 1.807) is 0 Å². The second-order valence-electron chi connectivity index (χ2n) is 5.56. The normalized spacial score (nSPS) is 19.1. The molecule has 0 aromatic carbocycles. The van der Waals surface area contributed by atoms with Crippen molar-refractivity contribution in [1.29, 1.82) is 0 Å². The van der Waals surface area contributed by atoms with Crippen LogP contribution in [0.5, 0.6) is 0 Å². The van der Waals surface area contributed by atoms with Crippen molar-refractivity contribution in [2.75, 3.05) is 0 Å². The first kappa shape index (κ1) is 13.4. The maximum absolute atomic E-state index is 13.0. The van der Waals surface area contributed by atoms with Gasteiger partial charge in [-0.2, -0.15) is 0 Å². The Kier molecular flexibility index (Phi) is 4.26. The number of Topliss-reactive ketones (excluding diaryl/α,β-unsaturated/α-hetero) is 1.